The van der Waals surface area contributed by atoms with Gasteiger partial charge in [0.25, 0.3) is 0 Å². The summed E-state index contributed by atoms with van der Waals surface area (Å²) in [6, 6.07) is 0.740. The van der Waals surface area contributed by atoms with Crippen molar-refractivity contribution in [3.63, 3.8) is 0 Å². The van der Waals surface area contributed by atoms with Crippen LogP contribution >= 0.6 is 11.6 Å². The molecule has 0 bridgehead atoms. The summed E-state index contributed by atoms with van der Waals surface area (Å²) in [4.78, 5) is 20.3. The van der Waals surface area contributed by atoms with Gasteiger partial charge in [0.1, 0.15) is 0 Å². The zero-order valence-electron chi connectivity index (χ0n) is 13.4. The third-order valence-electron chi connectivity index (χ3n) is 4.63. The highest BCUT2D eigenvalue weighted by molar-refractivity contribution is 6.32. The summed E-state index contributed by atoms with van der Waals surface area (Å²) >= 11 is 6.26. The lowest BCUT2D eigenvalue weighted by molar-refractivity contribution is -0.127. The second-order valence-corrected chi connectivity index (χ2v) is 6.86. The van der Waals surface area contributed by atoms with E-state index in [0.29, 0.717) is 22.7 Å². The maximum atomic E-state index is 11.5. The first kappa shape index (κ1) is 15.4. The Morgan fingerprint density at radius 1 is 1.33 bits per heavy atom. The Morgan fingerprint density at radius 3 is 2.83 bits per heavy atom. The molecule has 126 valence electrons. The second-order valence-electron chi connectivity index (χ2n) is 6.45. The lowest BCUT2D eigenvalue weighted by Crippen LogP contribution is -2.43. The van der Waals surface area contributed by atoms with Crippen molar-refractivity contribution in [1.82, 2.24) is 25.1 Å². The Morgan fingerprint density at radius 2 is 2.12 bits per heavy atom. The summed E-state index contributed by atoms with van der Waals surface area (Å²) in [7, 11) is 1.67. The Labute approximate surface area is 144 Å². The van der Waals surface area contributed by atoms with E-state index in [1.54, 1.807) is 19.4 Å². The van der Waals surface area contributed by atoms with Crippen LogP contribution < -0.4 is 10.6 Å². The molecule has 4 rings (SSSR count). The fourth-order valence-electron chi connectivity index (χ4n) is 2.97. The zero-order chi connectivity index (χ0) is 16.7. The lowest BCUT2D eigenvalue weighted by Gasteiger charge is -2.34. The van der Waals surface area contributed by atoms with E-state index in [0.717, 1.165) is 18.4 Å². The number of carbonyl (C=O) groups is 1. The molecule has 2 aliphatic carbocycles. The number of carbonyl (C=O) groups excluding carboxylic acids is 1. The smallest absolute Gasteiger partial charge is 0.223 e. The molecule has 2 fully saturated rings. The molecule has 24 heavy (non-hydrogen) atoms. The number of amides is 1. The van der Waals surface area contributed by atoms with Crippen LogP contribution in [0, 0.1) is 5.92 Å². The number of rotatable bonds is 5. The van der Waals surface area contributed by atoms with Gasteiger partial charge in [-0.2, -0.15) is 5.10 Å². The molecule has 1 amide bonds. The number of hydrogen-bond donors (Lipinski definition) is 2. The van der Waals surface area contributed by atoms with Gasteiger partial charge in [0, 0.05) is 30.8 Å². The largest absolute Gasteiger partial charge is 0.359 e. The summed E-state index contributed by atoms with van der Waals surface area (Å²) < 4.78 is 1.97. The SMILES string of the molecule is CNC(=O)C1CC(Nc2ncc(Cl)c(-c3cnn(C4CC4)c3)n2)C1. The fraction of sp³-hybridized carbons (Fsp3) is 0.500. The highest BCUT2D eigenvalue weighted by atomic mass is 35.5. The van der Waals surface area contributed by atoms with Crippen LogP contribution in [0.3, 0.4) is 0 Å². The minimum atomic E-state index is 0.0797. The van der Waals surface area contributed by atoms with Gasteiger partial charge in [-0.15, -0.1) is 0 Å². The number of nitrogens with zero attached hydrogens (tertiary/aromatic N) is 4. The first-order valence-electron chi connectivity index (χ1n) is 8.19. The minimum absolute atomic E-state index is 0.0797. The van der Waals surface area contributed by atoms with Crippen molar-refractivity contribution in [2.24, 2.45) is 5.92 Å². The maximum absolute atomic E-state index is 11.5. The Bertz CT molecular complexity index is 766. The quantitative estimate of drug-likeness (QED) is 0.867. The molecule has 2 aromatic rings. The van der Waals surface area contributed by atoms with Crippen molar-refractivity contribution in [3.8, 4) is 11.3 Å². The third-order valence-corrected chi connectivity index (χ3v) is 4.91. The second kappa shape index (κ2) is 6.05. The van der Waals surface area contributed by atoms with Crippen LogP contribution in [0.5, 0.6) is 0 Å². The zero-order valence-corrected chi connectivity index (χ0v) is 14.1. The van der Waals surface area contributed by atoms with Crippen molar-refractivity contribution in [2.45, 2.75) is 37.8 Å². The number of halogens is 1. The van der Waals surface area contributed by atoms with E-state index in [2.05, 4.69) is 25.7 Å². The van der Waals surface area contributed by atoms with Gasteiger partial charge in [0.2, 0.25) is 11.9 Å². The molecule has 2 N–H and O–H groups in total. The highest BCUT2D eigenvalue weighted by Gasteiger charge is 2.34. The number of nitrogens with one attached hydrogen (secondary N) is 2. The number of aromatic nitrogens is 4. The number of hydrogen-bond acceptors (Lipinski definition) is 5. The van der Waals surface area contributed by atoms with Crippen molar-refractivity contribution < 1.29 is 4.79 Å². The Hall–Kier alpha value is -2.15. The molecular formula is C16H19ClN6O. The van der Waals surface area contributed by atoms with Gasteiger partial charge in [0.15, 0.2) is 0 Å². The van der Waals surface area contributed by atoms with Crippen LogP contribution in [0.2, 0.25) is 5.02 Å². The van der Waals surface area contributed by atoms with E-state index in [1.807, 2.05) is 10.9 Å². The van der Waals surface area contributed by atoms with Crippen LogP contribution in [0.1, 0.15) is 31.7 Å². The predicted molar refractivity (Wildman–Crippen MR) is 90.7 cm³/mol. The van der Waals surface area contributed by atoms with Gasteiger partial charge in [0.05, 0.1) is 29.2 Å². The standard InChI is InChI=1S/C16H19ClN6O/c1-18-15(24)9-4-11(5-9)21-16-19-7-13(17)14(22-16)10-6-20-23(8-10)12-2-3-12/h6-9,11-12H,2-5H2,1H3,(H,18,24)(H,19,21,22). The average molecular weight is 347 g/mol. The lowest BCUT2D eigenvalue weighted by atomic mass is 9.80. The summed E-state index contributed by atoms with van der Waals surface area (Å²) in [5.74, 6) is 0.711. The van der Waals surface area contributed by atoms with Crippen molar-refractivity contribution in [2.75, 3.05) is 12.4 Å². The molecule has 7 nitrogen and oxygen atoms in total. The van der Waals surface area contributed by atoms with E-state index >= 15 is 0 Å². The van der Waals surface area contributed by atoms with Gasteiger partial charge in [-0.1, -0.05) is 11.6 Å². The first-order chi connectivity index (χ1) is 11.6. The summed E-state index contributed by atoms with van der Waals surface area (Å²) in [5.41, 5.74) is 1.58. The van der Waals surface area contributed by atoms with Gasteiger partial charge in [-0.3, -0.25) is 9.48 Å². The molecular weight excluding hydrogens is 328 g/mol. The van der Waals surface area contributed by atoms with Gasteiger partial charge < -0.3 is 10.6 Å². The first-order valence-corrected chi connectivity index (χ1v) is 8.57. The molecule has 0 radical (unpaired) electrons. The van der Waals surface area contributed by atoms with Crippen molar-refractivity contribution in [1.29, 1.82) is 0 Å². The summed E-state index contributed by atoms with van der Waals surface area (Å²) in [5, 5.41) is 10.9. The summed E-state index contributed by atoms with van der Waals surface area (Å²) in [6.07, 6.45) is 9.33. The molecule has 0 aromatic carbocycles. The topological polar surface area (TPSA) is 84.7 Å². The minimum Gasteiger partial charge on any atom is -0.359 e. The van der Waals surface area contributed by atoms with Crippen molar-refractivity contribution in [3.05, 3.63) is 23.6 Å². The highest BCUT2D eigenvalue weighted by Crippen LogP contribution is 2.36. The fourth-order valence-corrected chi connectivity index (χ4v) is 3.17. The van der Waals surface area contributed by atoms with E-state index in [4.69, 9.17) is 11.6 Å². The Balaban J connectivity index is 1.46. The van der Waals surface area contributed by atoms with Crippen LogP contribution in [0.15, 0.2) is 18.6 Å². The van der Waals surface area contributed by atoms with Crippen molar-refractivity contribution >= 4 is 23.5 Å². The number of anilines is 1. The molecule has 0 aliphatic heterocycles. The van der Waals surface area contributed by atoms with Crippen LogP contribution in [-0.2, 0) is 4.79 Å². The van der Waals surface area contributed by atoms with Gasteiger partial charge in [-0.05, 0) is 25.7 Å². The van der Waals surface area contributed by atoms with E-state index in [-0.39, 0.29) is 17.9 Å². The Kier molecular flexibility index (Phi) is 3.88. The van der Waals surface area contributed by atoms with E-state index in [9.17, 15) is 4.79 Å². The molecule has 0 atom stereocenters. The van der Waals surface area contributed by atoms with E-state index < -0.39 is 0 Å². The van der Waals surface area contributed by atoms with Crippen LogP contribution in [-0.4, -0.2) is 38.7 Å². The normalized spacial score (nSPS) is 22.8. The molecule has 0 spiro atoms. The molecule has 2 heterocycles. The molecule has 2 aromatic heterocycles. The molecule has 0 saturated heterocycles. The van der Waals surface area contributed by atoms with Crippen LogP contribution in [0.4, 0.5) is 5.95 Å². The van der Waals surface area contributed by atoms with Crippen LogP contribution in [0.25, 0.3) is 11.3 Å². The predicted octanol–water partition coefficient (Wildman–Crippen LogP) is 2.26. The molecule has 2 aliphatic rings. The average Bonchev–Trinajstić information content (AvgIpc) is 3.29. The molecule has 8 heteroatoms. The maximum Gasteiger partial charge on any atom is 0.223 e. The monoisotopic (exact) mass is 346 g/mol. The van der Waals surface area contributed by atoms with E-state index in [1.165, 1.54) is 12.8 Å². The molecule has 0 unspecified atom stereocenters. The van der Waals surface area contributed by atoms with Gasteiger partial charge >= 0.3 is 0 Å². The summed E-state index contributed by atoms with van der Waals surface area (Å²) in [6.45, 7) is 0. The van der Waals surface area contributed by atoms with Gasteiger partial charge in [-0.25, -0.2) is 9.97 Å². The molecule has 2 saturated carbocycles. The third kappa shape index (κ3) is 2.96.